The Morgan fingerprint density at radius 1 is 0.769 bits per heavy atom. The van der Waals surface area contributed by atoms with Gasteiger partial charge in [-0.3, -0.25) is 0 Å². The van der Waals surface area contributed by atoms with Gasteiger partial charge in [0.15, 0.2) is 0 Å². The molecule has 2 saturated carbocycles. The maximum absolute atomic E-state index is 13.0. The molecule has 0 heterocycles. The molecule has 2 atom stereocenters. The molecule has 2 aliphatic rings. The van der Waals surface area contributed by atoms with Gasteiger partial charge in [0.1, 0.15) is 13.2 Å². The number of hydrogen-bond donors (Lipinski definition) is 2. The van der Waals surface area contributed by atoms with Gasteiger partial charge in [0.25, 0.3) is 0 Å². The molecule has 0 radical (unpaired) electrons. The van der Waals surface area contributed by atoms with E-state index in [0.717, 1.165) is 50.7 Å². The van der Waals surface area contributed by atoms with Crippen molar-refractivity contribution in [2.45, 2.75) is 93.7 Å². The van der Waals surface area contributed by atoms with E-state index in [1.165, 1.54) is 0 Å². The van der Waals surface area contributed by atoms with Gasteiger partial charge in [0.05, 0.1) is 22.6 Å². The summed E-state index contributed by atoms with van der Waals surface area (Å²) in [6, 6.07) is 7.44. The molecule has 218 valence electrons. The standard InChI is InChI=1S/C27H40N2O8S2/c1-21(28-38(32,33)23-13-7-3-8-14-23)19-36-26(30)17-18-27(31)37-20-25(22-11-5-2-6-12-22)29-39(34,35)24-15-9-4-10-16-24/h2,5-6,11-12,17-18,21,23-25,28-29H,3-4,7-10,13-16,19-20H2,1H3/b18-17+/t21-,25+/m0/s1. The van der Waals surface area contributed by atoms with Crippen LogP contribution in [0.4, 0.5) is 0 Å². The number of nitrogens with one attached hydrogen (secondary N) is 2. The van der Waals surface area contributed by atoms with E-state index in [9.17, 15) is 26.4 Å². The summed E-state index contributed by atoms with van der Waals surface area (Å²) < 4.78 is 66.5. The molecule has 1 aromatic rings. The SMILES string of the molecule is C[C@@H](COC(=O)/C=C/C(=O)OC[C@@H](NS(=O)(=O)C1CCCCC1)c1ccccc1)NS(=O)(=O)C1CCCCC1. The first-order valence-corrected chi connectivity index (χ1v) is 16.7. The van der Waals surface area contributed by atoms with Gasteiger partial charge in [0.2, 0.25) is 20.0 Å². The highest BCUT2D eigenvalue weighted by molar-refractivity contribution is 7.90. The van der Waals surface area contributed by atoms with Crippen LogP contribution in [-0.2, 0) is 39.1 Å². The second kappa shape index (κ2) is 14.9. The number of ether oxygens (including phenoxy) is 2. The van der Waals surface area contributed by atoms with E-state index in [1.54, 1.807) is 37.3 Å². The molecule has 0 amide bonds. The monoisotopic (exact) mass is 584 g/mol. The predicted molar refractivity (Wildman–Crippen MR) is 148 cm³/mol. The second-order valence-corrected chi connectivity index (χ2v) is 14.3. The molecule has 2 aliphatic carbocycles. The Kier molecular flexibility index (Phi) is 12.0. The van der Waals surface area contributed by atoms with Crippen molar-refractivity contribution in [1.29, 1.82) is 0 Å². The Balaban J connectivity index is 1.48. The Hall–Kier alpha value is -2.28. The third kappa shape index (κ3) is 10.3. The van der Waals surface area contributed by atoms with Crippen molar-refractivity contribution >= 4 is 32.0 Å². The van der Waals surface area contributed by atoms with E-state index in [2.05, 4.69) is 9.44 Å². The largest absolute Gasteiger partial charge is 0.461 e. The van der Waals surface area contributed by atoms with Gasteiger partial charge in [-0.25, -0.2) is 35.9 Å². The van der Waals surface area contributed by atoms with E-state index in [-0.39, 0.29) is 13.2 Å². The average Bonchev–Trinajstić information content (AvgIpc) is 2.94. The first-order valence-electron chi connectivity index (χ1n) is 13.7. The van der Waals surface area contributed by atoms with Crippen LogP contribution in [0.2, 0.25) is 0 Å². The van der Waals surface area contributed by atoms with Crippen LogP contribution in [0.5, 0.6) is 0 Å². The van der Waals surface area contributed by atoms with Crippen molar-refractivity contribution in [1.82, 2.24) is 9.44 Å². The summed E-state index contributed by atoms with van der Waals surface area (Å²) in [6.07, 6.45) is 9.80. The highest BCUT2D eigenvalue weighted by Crippen LogP contribution is 2.25. The molecule has 2 fully saturated rings. The molecule has 0 unspecified atom stereocenters. The summed E-state index contributed by atoms with van der Waals surface area (Å²) in [6.45, 7) is 1.15. The molecule has 12 heteroatoms. The highest BCUT2D eigenvalue weighted by atomic mass is 32.2. The fraction of sp³-hybridized carbons (Fsp3) is 0.630. The topological polar surface area (TPSA) is 145 Å². The van der Waals surface area contributed by atoms with Crippen molar-refractivity contribution in [2.24, 2.45) is 0 Å². The summed E-state index contributed by atoms with van der Waals surface area (Å²) in [5, 5.41) is -0.900. The van der Waals surface area contributed by atoms with Gasteiger partial charge in [0, 0.05) is 12.2 Å². The smallest absolute Gasteiger partial charge is 0.331 e. The van der Waals surface area contributed by atoms with E-state index in [4.69, 9.17) is 9.47 Å². The number of hydrogen-bond acceptors (Lipinski definition) is 8. The van der Waals surface area contributed by atoms with Gasteiger partial charge in [-0.05, 0) is 38.2 Å². The van der Waals surface area contributed by atoms with Crippen LogP contribution in [0.3, 0.4) is 0 Å². The van der Waals surface area contributed by atoms with Crippen LogP contribution in [-0.4, -0.2) is 58.5 Å². The summed E-state index contributed by atoms with van der Waals surface area (Å²) in [5.74, 6) is -1.66. The Morgan fingerprint density at radius 2 is 1.23 bits per heavy atom. The van der Waals surface area contributed by atoms with Crippen LogP contribution in [0.25, 0.3) is 0 Å². The van der Waals surface area contributed by atoms with Crippen LogP contribution in [0, 0.1) is 0 Å². The maximum atomic E-state index is 13.0. The van der Waals surface area contributed by atoms with Gasteiger partial charge in [-0.1, -0.05) is 68.9 Å². The fourth-order valence-electron chi connectivity index (χ4n) is 4.94. The minimum atomic E-state index is -3.62. The minimum Gasteiger partial charge on any atom is -0.461 e. The number of sulfonamides is 2. The third-order valence-electron chi connectivity index (χ3n) is 7.08. The zero-order chi connectivity index (χ0) is 28.3. The lowest BCUT2D eigenvalue weighted by atomic mass is 10.0. The van der Waals surface area contributed by atoms with Crippen molar-refractivity contribution in [3.8, 4) is 0 Å². The molecular weight excluding hydrogens is 544 g/mol. The van der Waals surface area contributed by atoms with Crippen molar-refractivity contribution in [2.75, 3.05) is 13.2 Å². The fourth-order valence-corrected chi connectivity index (χ4v) is 8.47. The van der Waals surface area contributed by atoms with Crippen LogP contribution < -0.4 is 9.44 Å². The van der Waals surface area contributed by atoms with Crippen molar-refractivity contribution < 1.29 is 35.9 Å². The normalized spacial score (nSPS) is 19.4. The molecule has 0 aromatic heterocycles. The number of carbonyl (C=O) groups excluding carboxylic acids is 2. The van der Waals surface area contributed by atoms with E-state index in [0.29, 0.717) is 31.2 Å². The molecule has 10 nitrogen and oxygen atoms in total. The van der Waals surface area contributed by atoms with Gasteiger partial charge >= 0.3 is 11.9 Å². The Labute approximate surface area is 232 Å². The van der Waals surface area contributed by atoms with Crippen molar-refractivity contribution in [3.63, 3.8) is 0 Å². The molecule has 0 aliphatic heterocycles. The summed E-state index contributed by atoms with van der Waals surface area (Å²) >= 11 is 0. The molecule has 0 saturated heterocycles. The van der Waals surface area contributed by atoms with Gasteiger partial charge in [-0.2, -0.15) is 0 Å². The summed E-state index contributed by atoms with van der Waals surface area (Å²) in [4.78, 5) is 24.3. The molecule has 3 rings (SSSR count). The lowest BCUT2D eigenvalue weighted by Crippen LogP contribution is -2.42. The van der Waals surface area contributed by atoms with Crippen LogP contribution in [0.1, 0.15) is 82.7 Å². The van der Waals surface area contributed by atoms with Crippen molar-refractivity contribution in [3.05, 3.63) is 48.0 Å². The second-order valence-electron chi connectivity index (χ2n) is 10.3. The lowest BCUT2D eigenvalue weighted by molar-refractivity contribution is -0.141. The van der Waals surface area contributed by atoms with E-state index >= 15 is 0 Å². The number of rotatable bonds is 13. The summed E-state index contributed by atoms with van der Waals surface area (Å²) in [5.41, 5.74) is 0.651. The van der Waals surface area contributed by atoms with Gasteiger partial charge < -0.3 is 9.47 Å². The predicted octanol–water partition coefficient (Wildman–Crippen LogP) is 3.26. The highest BCUT2D eigenvalue weighted by Gasteiger charge is 2.31. The zero-order valence-electron chi connectivity index (χ0n) is 22.4. The molecule has 1 aromatic carbocycles. The van der Waals surface area contributed by atoms with Gasteiger partial charge in [-0.15, -0.1) is 0 Å². The Bertz CT molecular complexity index is 1170. The van der Waals surface area contributed by atoms with E-state index in [1.807, 2.05) is 0 Å². The lowest BCUT2D eigenvalue weighted by Gasteiger charge is -2.25. The number of benzene rings is 1. The molecular formula is C27H40N2O8S2. The third-order valence-corrected chi connectivity index (χ3v) is 11.1. The summed E-state index contributed by atoms with van der Waals surface area (Å²) in [7, 11) is -7.12. The quantitative estimate of drug-likeness (QED) is 0.266. The molecule has 0 bridgehead atoms. The van der Waals surface area contributed by atoms with Crippen LogP contribution in [0.15, 0.2) is 42.5 Å². The first-order chi connectivity index (χ1) is 18.6. The zero-order valence-corrected chi connectivity index (χ0v) is 24.1. The molecule has 39 heavy (non-hydrogen) atoms. The van der Waals surface area contributed by atoms with E-state index < -0.39 is 54.6 Å². The maximum Gasteiger partial charge on any atom is 0.331 e. The Morgan fingerprint density at radius 3 is 1.74 bits per heavy atom. The average molecular weight is 585 g/mol. The van der Waals surface area contributed by atoms with Crippen LogP contribution >= 0.6 is 0 Å². The minimum absolute atomic E-state index is 0.191. The number of carbonyl (C=O) groups is 2. The molecule has 2 N–H and O–H groups in total. The first kappa shape index (κ1) is 31.3. The molecule has 0 spiro atoms. The number of esters is 2.